The van der Waals surface area contributed by atoms with Crippen molar-refractivity contribution in [2.45, 2.75) is 18.8 Å². The molecule has 1 heterocycles. The summed E-state index contributed by atoms with van der Waals surface area (Å²) in [5.74, 6) is -0.485. The van der Waals surface area contributed by atoms with Crippen LogP contribution in [0.1, 0.15) is 12.5 Å². The molecule has 1 aromatic carbocycles. The molecule has 0 radical (unpaired) electrons. The molecule has 1 aliphatic rings. The molecule has 132 valence electrons. The van der Waals surface area contributed by atoms with Gasteiger partial charge in [-0.1, -0.05) is 12.1 Å². The summed E-state index contributed by atoms with van der Waals surface area (Å²) in [6.45, 7) is 0.960. The lowest BCUT2D eigenvalue weighted by Crippen LogP contribution is -2.73. The third-order valence-corrected chi connectivity index (χ3v) is 4.25. The van der Waals surface area contributed by atoms with Gasteiger partial charge in [0.15, 0.2) is 11.4 Å². The van der Waals surface area contributed by atoms with E-state index in [4.69, 9.17) is 0 Å². The van der Waals surface area contributed by atoms with Gasteiger partial charge in [-0.25, -0.2) is 4.79 Å². The van der Waals surface area contributed by atoms with E-state index >= 15 is 0 Å². The largest absolute Gasteiger partial charge is 0.465 e. The molecule has 1 fully saturated rings. The van der Waals surface area contributed by atoms with Crippen molar-refractivity contribution in [3.05, 3.63) is 29.8 Å². The molecule has 24 heavy (non-hydrogen) atoms. The molecule has 1 aromatic rings. The highest BCUT2D eigenvalue weighted by Gasteiger charge is 2.48. The Morgan fingerprint density at radius 2 is 1.88 bits per heavy atom. The minimum atomic E-state index is -4.54. The van der Waals surface area contributed by atoms with Gasteiger partial charge in [-0.3, -0.25) is 15.0 Å². The number of piperazine rings is 1. The first-order valence-electron chi connectivity index (χ1n) is 7.25. The second-order valence-corrected chi connectivity index (χ2v) is 5.54. The Morgan fingerprint density at radius 3 is 2.38 bits per heavy atom. The van der Waals surface area contributed by atoms with Crippen LogP contribution in [0.2, 0.25) is 0 Å². The van der Waals surface area contributed by atoms with Crippen LogP contribution in [0.15, 0.2) is 24.3 Å². The second-order valence-electron chi connectivity index (χ2n) is 5.54. The molecule has 1 amide bonds. The Kier molecular flexibility index (Phi) is 4.75. The van der Waals surface area contributed by atoms with Gasteiger partial charge < -0.3 is 10.0 Å². The summed E-state index contributed by atoms with van der Waals surface area (Å²) in [6.07, 6.45) is -5.85. The quantitative estimate of drug-likeness (QED) is 0.877. The minimum Gasteiger partial charge on any atom is -0.465 e. The van der Waals surface area contributed by atoms with E-state index in [2.05, 4.69) is 5.32 Å². The molecule has 1 unspecified atom stereocenters. The molecule has 0 spiro atoms. The number of likely N-dealkylation sites (N-methyl/N-ethyl adjacent to an activating group) is 1. The van der Waals surface area contributed by atoms with E-state index in [1.807, 2.05) is 0 Å². The van der Waals surface area contributed by atoms with Gasteiger partial charge in [0.2, 0.25) is 0 Å². The fourth-order valence-corrected chi connectivity index (χ4v) is 3.00. The summed E-state index contributed by atoms with van der Waals surface area (Å²) in [7, 11) is 1.41. The van der Waals surface area contributed by atoms with Gasteiger partial charge in [0.1, 0.15) is 0 Å². The number of alkyl halides is 3. The van der Waals surface area contributed by atoms with Crippen LogP contribution in [0, 0.1) is 0 Å². The number of carbonyl (C=O) groups excluding carboxylic acids is 1. The standard InChI is InChI=1S/C15H18F3N3O3/c1-10(22)14(19-2)9-20(7-8-21(14)13(23)24)12-6-4-3-5-11(12)15(16,17)18/h3-6,19H,7-9H2,1-2H3,(H,23,24). The first-order valence-corrected chi connectivity index (χ1v) is 7.25. The lowest BCUT2D eigenvalue weighted by Gasteiger charge is -2.48. The van der Waals surface area contributed by atoms with Crippen LogP contribution in [0.5, 0.6) is 0 Å². The van der Waals surface area contributed by atoms with Crippen LogP contribution < -0.4 is 10.2 Å². The van der Waals surface area contributed by atoms with Crippen molar-refractivity contribution in [2.75, 3.05) is 31.6 Å². The lowest BCUT2D eigenvalue weighted by atomic mass is 9.98. The molecule has 0 aliphatic carbocycles. The van der Waals surface area contributed by atoms with Crippen LogP contribution in [0.25, 0.3) is 0 Å². The maximum Gasteiger partial charge on any atom is 0.418 e. The monoisotopic (exact) mass is 345 g/mol. The topological polar surface area (TPSA) is 72.9 Å². The van der Waals surface area contributed by atoms with Crippen molar-refractivity contribution >= 4 is 17.6 Å². The Labute approximate surface area is 136 Å². The fraction of sp³-hybridized carbons (Fsp3) is 0.467. The van der Waals surface area contributed by atoms with Crippen molar-refractivity contribution in [1.29, 1.82) is 0 Å². The van der Waals surface area contributed by atoms with Crippen LogP contribution in [-0.2, 0) is 11.0 Å². The molecule has 2 N–H and O–H groups in total. The maximum atomic E-state index is 13.2. The molecule has 6 nitrogen and oxygen atoms in total. The number of nitrogens with zero attached hydrogens (tertiary/aromatic N) is 2. The fourth-order valence-electron chi connectivity index (χ4n) is 3.00. The third-order valence-electron chi connectivity index (χ3n) is 4.25. The first kappa shape index (κ1) is 18.1. The van der Waals surface area contributed by atoms with E-state index in [1.165, 1.54) is 37.1 Å². The van der Waals surface area contributed by atoms with Gasteiger partial charge >= 0.3 is 12.3 Å². The van der Waals surface area contributed by atoms with E-state index in [9.17, 15) is 27.9 Å². The highest BCUT2D eigenvalue weighted by Crippen LogP contribution is 2.37. The third kappa shape index (κ3) is 3.03. The molecule has 0 saturated carbocycles. The number of rotatable bonds is 3. The maximum absolute atomic E-state index is 13.2. The average molecular weight is 345 g/mol. The summed E-state index contributed by atoms with van der Waals surface area (Å²) in [6, 6.07) is 5.05. The molecule has 0 bridgehead atoms. The van der Waals surface area contributed by atoms with Crippen LogP contribution in [-0.4, -0.2) is 54.2 Å². The summed E-state index contributed by atoms with van der Waals surface area (Å²) in [4.78, 5) is 25.9. The molecule has 2 rings (SSSR count). The smallest absolute Gasteiger partial charge is 0.418 e. The van der Waals surface area contributed by atoms with Gasteiger partial charge in [0.05, 0.1) is 12.1 Å². The molecule has 1 aliphatic heterocycles. The summed E-state index contributed by atoms with van der Waals surface area (Å²) >= 11 is 0. The van der Waals surface area contributed by atoms with Crippen LogP contribution >= 0.6 is 0 Å². The number of carboxylic acid groups (broad SMARTS) is 1. The molecule has 0 aromatic heterocycles. The van der Waals surface area contributed by atoms with Crippen molar-refractivity contribution in [2.24, 2.45) is 0 Å². The van der Waals surface area contributed by atoms with Crippen molar-refractivity contribution in [1.82, 2.24) is 10.2 Å². The lowest BCUT2D eigenvalue weighted by molar-refractivity contribution is -0.137. The second kappa shape index (κ2) is 6.31. The van der Waals surface area contributed by atoms with Gasteiger partial charge in [0.25, 0.3) is 0 Å². The van der Waals surface area contributed by atoms with E-state index in [1.54, 1.807) is 0 Å². The number of amides is 1. The van der Waals surface area contributed by atoms with Crippen molar-refractivity contribution in [3.63, 3.8) is 0 Å². The molecular formula is C15H18F3N3O3. The highest BCUT2D eigenvalue weighted by atomic mass is 19.4. The highest BCUT2D eigenvalue weighted by molar-refractivity contribution is 5.90. The number of hydrogen-bond donors (Lipinski definition) is 2. The molecule has 1 atom stereocenters. The number of anilines is 1. The van der Waals surface area contributed by atoms with E-state index in [0.717, 1.165) is 11.0 Å². The van der Waals surface area contributed by atoms with E-state index < -0.39 is 29.3 Å². The Balaban J connectivity index is 2.46. The van der Waals surface area contributed by atoms with E-state index in [-0.39, 0.29) is 25.3 Å². The first-order chi connectivity index (χ1) is 11.1. The zero-order valence-corrected chi connectivity index (χ0v) is 13.2. The Hall–Kier alpha value is -2.29. The number of carbonyl (C=O) groups is 2. The summed E-state index contributed by atoms with van der Waals surface area (Å²) in [5.41, 5.74) is -2.48. The molecular weight excluding hydrogens is 327 g/mol. The number of Topliss-reactive ketones (excluding diaryl/α,β-unsaturated/α-hetero) is 1. The number of hydrogen-bond acceptors (Lipinski definition) is 4. The number of ketones is 1. The van der Waals surface area contributed by atoms with Gasteiger partial charge in [-0.2, -0.15) is 13.2 Å². The molecule has 9 heteroatoms. The van der Waals surface area contributed by atoms with Crippen molar-refractivity contribution in [3.8, 4) is 0 Å². The zero-order valence-electron chi connectivity index (χ0n) is 13.2. The zero-order chi connectivity index (χ0) is 18.1. The number of nitrogens with one attached hydrogen (secondary N) is 1. The molecule has 1 saturated heterocycles. The predicted octanol–water partition coefficient (Wildman–Crippen LogP) is 2.01. The average Bonchev–Trinajstić information content (AvgIpc) is 2.53. The van der Waals surface area contributed by atoms with Gasteiger partial charge in [-0.15, -0.1) is 0 Å². The minimum absolute atomic E-state index is 0.0517. The summed E-state index contributed by atoms with van der Waals surface area (Å²) < 4.78 is 39.7. The number of para-hydroxylation sites is 1. The van der Waals surface area contributed by atoms with Crippen LogP contribution in [0.3, 0.4) is 0 Å². The number of halogens is 3. The SMILES string of the molecule is CNC1(C(C)=O)CN(c2ccccc2C(F)(F)F)CCN1C(=O)O. The summed E-state index contributed by atoms with van der Waals surface area (Å²) in [5, 5.41) is 12.0. The Bertz CT molecular complexity index is 650. The Morgan fingerprint density at radius 1 is 1.25 bits per heavy atom. The van der Waals surface area contributed by atoms with Crippen molar-refractivity contribution < 1.29 is 27.9 Å². The van der Waals surface area contributed by atoms with Gasteiger partial charge in [-0.05, 0) is 26.1 Å². The predicted molar refractivity (Wildman–Crippen MR) is 80.9 cm³/mol. The van der Waals surface area contributed by atoms with E-state index in [0.29, 0.717) is 0 Å². The van der Waals surface area contributed by atoms with Gasteiger partial charge in [0, 0.05) is 18.8 Å². The number of benzene rings is 1. The van der Waals surface area contributed by atoms with Crippen LogP contribution in [0.4, 0.5) is 23.7 Å². The normalized spacial score (nSPS) is 21.7.